The molecule has 0 aliphatic rings. The van der Waals surface area contributed by atoms with Crippen molar-refractivity contribution in [2.45, 2.75) is 13.0 Å². The molecule has 1 aromatic carbocycles. The van der Waals surface area contributed by atoms with E-state index in [0.29, 0.717) is 5.69 Å². The van der Waals surface area contributed by atoms with Crippen LogP contribution in [0, 0.1) is 11.3 Å². The summed E-state index contributed by atoms with van der Waals surface area (Å²) in [4.78, 5) is 16.1. The molecule has 2 aromatic rings. The molecule has 1 amide bonds. The fourth-order valence-electron chi connectivity index (χ4n) is 1.85. The van der Waals surface area contributed by atoms with Gasteiger partial charge in [0.2, 0.25) is 0 Å². The molecule has 1 atom stereocenters. The van der Waals surface area contributed by atoms with Gasteiger partial charge in [0, 0.05) is 12.4 Å². The second-order valence-corrected chi connectivity index (χ2v) is 4.66. The smallest absolute Gasteiger partial charge is 0.263 e. The number of carbonyl (C=O) groups excluding carboxylic acids is 1. The van der Waals surface area contributed by atoms with Crippen LogP contribution < -0.4 is 10.6 Å². The van der Waals surface area contributed by atoms with Crippen LogP contribution >= 0.6 is 0 Å². The lowest BCUT2D eigenvalue weighted by atomic mass is 10.1. The lowest BCUT2D eigenvalue weighted by molar-refractivity contribution is -0.117. The molecule has 5 heteroatoms. The number of amides is 1. The number of nitriles is 1. The first-order valence-corrected chi connectivity index (χ1v) is 6.83. The number of nitrogens with zero attached hydrogens (tertiary/aromatic N) is 2. The number of anilines is 1. The summed E-state index contributed by atoms with van der Waals surface area (Å²) >= 11 is 0. The minimum Gasteiger partial charge on any atom is -0.359 e. The molecule has 0 bridgehead atoms. The summed E-state index contributed by atoms with van der Waals surface area (Å²) < 4.78 is 0. The van der Waals surface area contributed by atoms with Crippen molar-refractivity contribution < 1.29 is 4.79 Å². The van der Waals surface area contributed by atoms with Gasteiger partial charge in [-0.05, 0) is 24.6 Å². The molecule has 0 aliphatic carbocycles. The summed E-state index contributed by atoms with van der Waals surface area (Å²) in [6.45, 7) is 1.87. The van der Waals surface area contributed by atoms with E-state index in [1.165, 1.54) is 6.20 Å². The third kappa shape index (κ3) is 4.18. The molecule has 0 saturated heterocycles. The molecule has 5 nitrogen and oxygen atoms in total. The van der Waals surface area contributed by atoms with Crippen LogP contribution in [0.25, 0.3) is 0 Å². The van der Waals surface area contributed by atoms with Crippen molar-refractivity contribution in [2.75, 3.05) is 5.32 Å². The Labute approximate surface area is 129 Å². The Kier molecular flexibility index (Phi) is 5.27. The highest BCUT2D eigenvalue weighted by Gasteiger charge is 2.13. The minimum absolute atomic E-state index is 0.00614. The number of rotatable bonds is 5. The van der Waals surface area contributed by atoms with E-state index in [4.69, 9.17) is 5.26 Å². The molecule has 0 fully saturated rings. The van der Waals surface area contributed by atoms with Gasteiger partial charge >= 0.3 is 0 Å². The van der Waals surface area contributed by atoms with Gasteiger partial charge in [0.15, 0.2) is 0 Å². The maximum absolute atomic E-state index is 12.1. The second-order valence-electron chi connectivity index (χ2n) is 4.66. The van der Waals surface area contributed by atoms with Gasteiger partial charge < -0.3 is 10.6 Å². The normalized spacial score (nSPS) is 12.1. The number of hydrogen-bond donors (Lipinski definition) is 2. The van der Waals surface area contributed by atoms with Crippen LogP contribution in [-0.4, -0.2) is 10.9 Å². The van der Waals surface area contributed by atoms with Gasteiger partial charge in [0.25, 0.3) is 5.91 Å². The van der Waals surface area contributed by atoms with Gasteiger partial charge in [-0.15, -0.1) is 0 Å². The van der Waals surface area contributed by atoms with Gasteiger partial charge in [-0.25, -0.2) is 0 Å². The van der Waals surface area contributed by atoms with E-state index >= 15 is 0 Å². The summed E-state index contributed by atoms with van der Waals surface area (Å²) in [6, 6.07) is 14.9. The highest BCUT2D eigenvalue weighted by Crippen LogP contribution is 2.12. The van der Waals surface area contributed by atoms with E-state index in [9.17, 15) is 4.79 Å². The second kappa shape index (κ2) is 7.60. The van der Waals surface area contributed by atoms with Gasteiger partial charge in [-0.3, -0.25) is 9.78 Å². The Morgan fingerprint density at radius 3 is 2.68 bits per heavy atom. The minimum atomic E-state index is -0.421. The fourth-order valence-corrected chi connectivity index (χ4v) is 1.85. The Morgan fingerprint density at radius 1 is 1.27 bits per heavy atom. The maximum atomic E-state index is 12.1. The largest absolute Gasteiger partial charge is 0.359 e. The molecule has 110 valence electrons. The number of benzene rings is 1. The molecule has 22 heavy (non-hydrogen) atoms. The first-order chi connectivity index (χ1) is 10.7. The van der Waals surface area contributed by atoms with Crippen molar-refractivity contribution in [3.8, 4) is 6.07 Å². The van der Waals surface area contributed by atoms with Crippen LogP contribution in [-0.2, 0) is 4.79 Å². The van der Waals surface area contributed by atoms with Crippen molar-refractivity contribution in [1.82, 2.24) is 10.3 Å². The van der Waals surface area contributed by atoms with Crippen molar-refractivity contribution in [1.29, 1.82) is 5.26 Å². The number of nitrogens with one attached hydrogen (secondary N) is 2. The Balaban J connectivity index is 2.02. The van der Waals surface area contributed by atoms with Crippen molar-refractivity contribution in [3.63, 3.8) is 0 Å². The van der Waals surface area contributed by atoms with E-state index < -0.39 is 5.91 Å². The first kappa shape index (κ1) is 15.3. The van der Waals surface area contributed by atoms with E-state index in [1.54, 1.807) is 24.5 Å². The molecule has 0 radical (unpaired) electrons. The molecule has 0 saturated carbocycles. The van der Waals surface area contributed by atoms with Crippen LogP contribution in [0.15, 0.2) is 66.6 Å². The number of carbonyl (C=O) groups is 1. The Bertz CT molecular complexity index is 690. The zero-order valence-corrected chi connectivity index (χ0v) is 12.2. The van der Waals surface area contributed by atoms with Gasteiger partial charge in [0.05, 0.1) is 17.9 Å². The van der Waals surface area contributed by atoms with E-state index in [2.05, 4.69) is 15.6 Å². The van der Waals surface area contributed by atoms with Crippen molar-refractivity contribution >= 4 is 11.6 Å². The summed E-state index contributed by atoms with van der Waals surface area (Å²) in [5.74, 6) is -0.421. The molecular formula is C17H16N4O. The summed E-state index contributed by atoms with van der Waals surface area (Å²) in [5, 5.41) is 14.8. The number of hydrogen-bond acceptors (Lipinski definition) is 4. The summed E-state index contributed by atoms with van der Waals surface area (Å²) in [6.07, 6.45) is 4.63. The topological polar surface area (TPSA) is 77.8 Å². The van der Waals surface area contributed by atoms with Gasteiger partial charge in [-0.2, -0.15) is 5.26 Å². The molecule has 1 heterocycles. The molecular weight excluding hydrogens is 276 g/mol. The predicted octanol–water partition coefficient (Wildman–Crippen LogP) is 2.78. The molecule has 0 aliphatic heterocycles. The number of aromatic nitrogens is 1. The zero-order valence-electron chi connectivity index (χ0n) is 12.2. The van der Waals surface area contributed by atoms with E-state index in [0.717, 1.165) is 5.56 Å². The highest BCUT2D eigenvalue weighted by atomic mass is 16.1. The quantitative estimate of drug-likeness (QED) is 0.656. The Hall–Kier alpha value is -3.13. The van der Waals surface area contributed by atoms with Crippen LogP contribution in [0.5, 0.6) is 0 Å². The van der Waals surface area contributed by atoms with Crippen molar-refractivity contribution in [2.24, 2.45) is 0 Å². The highest BCUT2D eigenvalue weighted by molar-refractivity contribution is 5.97. The van der Waals surface area contributed by atoms with Crippen molar-refractivity contribution in [3.05, 3.63) is 72.2 Å². The fraction of sp³-hybridized carbons (Fsp3) is 0.118. The molecule has 0 spiro atoms. The van der Waals surface area contributed by atoms with Crippen LogP contribution in [0.4, 0.5) is 5.69 Å². The molecule has 2 N–H and O–H groups in total. The van der Waals surface area contributed by atoms with Gasteiger partial charge in [0.1, 0.15) is 11.6 Å². The monoisotopic (exact) mass is 292 g/mol. The molecule has 2 rings (SSSR count). The zero-order chi connectivity index (χ0) is 15.8. The first-order valence-electron chi connectivity index (χ1n) is 6.83. The standard InChI is InChI=1S/C17H16N4O/c1-13(14-6-3-2-4-7-14)21-17(22)15(10-18)11-20-16-8-5-9-19-12-16/h2-9,11-13,20H,1H3,(H,21,22)/b15-11-. The van der Waals surface area contributed by atoms with Crippen LogP contribution in [0.3, 0.4) is 0 Å². The summed E-state index contributed by atoms with van der Waals surface area (Å²) in [7, 11) is 0. The summed E-state index contributed by atoms with van der Waals surface area (Å²) in [5.41, 5.74) is 1.69. The molecule has 1 aromatic heterocycles. The van der Waals surface area contributed by atoms with Gasteiger partial charge in [-0.1, -0.05) is 30.3 Å². The van der Waals surface area contributed by atoms with E-state index in [-0.39, 0.29) is 11.6 Å². The third-order valence-corrected chi connectivity index (χ3v) is 3.06. The van der Waals surface area contributed by atoms with E-state index in [1.807, 2.05) is 43.3 Å². The Morgan fingerprint density at radius 2 is 2.05 bits per heavy atom. The molecule has 1 unspecified atom stereocenters. The maximum Gasteiger partial charge on any atom is 0.263 e. The third-order valence-electron chi connectivity index (χ3n) is 3.06. The predicted molar refractivity (Wildman–Crippen MR) is 84.6 cm³/mol. The lowest BCUT2D eigenvalue weighted by Gasteiger charge is -2.13. The average Bonchev–Trinajstić information content (AvgIpc) is 2.57. The van der Waals surface area contributed by atoms with Crippen LogP contribution in [0.2, 0.25) is 0 Å². The number of pyridine rings is 1. The average molecular weight is 292 g/mol. The van der Waals surface area contributed by atoms with Crippen LogP contribution in [0.1, 0.15) is 18.5 Å². The lowest BCUT2D eigenvalue weighted by Crippen LogP contribution is -2.28. The SMILES string of the molecule is CC(NC(=O)/C(C#N)=C\Nc1cccnc1)c1ccccc1.